The van der Waals surface area contributed by atoms with E-state index in [-0.39, 0.29) is 0 Å². The summed E-state index contributed by atoms with van der Waals surface area (Å²) in [6, 6.07) is 68.1. The molecular weight excluding hydrogens is 2030 g/mol. The summed E-state index contributed by atoms with van der Waals surface area (Å²) in [6.07, 6.45) is 7.40. The summed E-state index contributed by atoms with van der Waals surface area (Å²) in [5.74, 6) is 0. The summed E-state index contributed by atoms with van der Waals surface area (Å²) in [6.45, 7) is 45.2. The zero-order valence-corrected chi connectivity index (χ0v) is 92.7. The number of unbranched alkanes of at least 4 members (excludes halogenated alkanes) is 3. The van der Waals surface area contributed by atoms with Crippen LogP contribution >= 0.6 is 0 Å². The average molecular weight is 2180 g/mol. The Hall–Kier alpha value is -4.21. The van der Waals surface area contributed by atoms with E-state index in [4.69, 9.17) is 0 Å². The standard InChI is InChI=1S/4C10H11O.2C7H5O.3C6H5.3C4H9.6C2H5.6CH3.6Sn/c4*1-7-4-8(2)10(6-11)9(3)5-7;2*8-6-7-4-2-1-3-5-7;3*1-2-4-6-5-3-1;3*1-3-4-2;6*1-2;;;;;;;;;;;;/h4*4-5H,1-3H3;2*1-5H;3*1-5H;3*1,3-4H2,2H3;6*1H2,2H3;6*1H3;;;;;;. The van der Waals surface area contributed by atoms with E-state index in [9.17, 15) is 28.8 Å². The van der Waals surface area contributed by atoms with Crippen molar-refractivity contribution < 1.29 is 28.8 Å². The molecule has 0 aliphatic heterocycles. The van der Waals surface area contributed by atoms with Gasteiger partial charge in [0.1, 0.15) is 0 Å². The minimum atomic E-state index is -4.04. The molecule has 9 aromatic rings. The summed E-state index contributed by atoms with van der Waals surface area (Å²) in [4.78, 5) is 91.0. The first kappa shape index (κ1) is 102. The van der Waals surface area contributed by atoms with Gasteiger partial charge in [0.15, 0.2) is 0 Å². The Kier molecular flexibility index (Phi) is 43.8. The minimum absolute atomic E-state index is 0.322. The van der Waals surface area contributed by atoms with Crippen molar-refractivity contribution in [3.05, 3.63) is 300 Å². The molecule has 0 aliphatic carbocycles. The number of carbonyl (C=O) groups excluding carboxylic acids is 6. The molecule has 612 valence electrons. The van der Waals surface area contributed by atoms with Gasteiger partial charge in [0.25, 0.3) is 0 Å². The van der Waals surface area contributed by atoms with Crippen molar-refractivity contribution in [1.82, 2.24) is 0 Å². The molecule has 0 heterocycles. The summed E-state index contributed by atoms with van der Waals surface area (Å²) < 4.78 is 17.0. The number of aryl methyl sites for hydroxylation is 12. The second-order valence-corrected chi connectivity index (χ2v) is 115. The molecule has 0 radical (unpaired) electrons. The first-order chi connectivity index (χ1) is 53.8. The van der Waals surface area contributed by atoms with Crippen molar-refractivity contribution in [1.29, 1.82) is 0 Å². The normalized spacial score (nSPS) is 11.5. The van der Waals surface area contributed by atoms with Crippen LogP contribution in [0.2, 0.25) is 69.6 Å². The van der Waals surface area contributed by atoms with Gasteiger partial charge < -0.3 is 0 Å². The van der Waals surface area contributed by atoms with Gasteiger partial charge in [0.05, 0.1) is 0 Å². The van der Waals surface area contributed by atoms with Gasteiger partial charge in [0, 0.05) is 0 Å². The van der Waals surface area contributed by atoms with E-state index in [1.54, 1.807) is 0 Å². The molecule has 0 N–H and O–H groups in total. The molecular formula is C102H144O6Sn6. The van der Waals surface area contributed by atoms with Crippen LogP contribution in [0.1, 0.15) is 230 Å². The topological polar surface area (TPSA) is 102 Å². The van der Waals surface area contributed by atoms with E-state index in [0.29, 0.717) is 22.8 Å². The van der Waals surface area contributed by atoms with Crippen LogP contribution in [-0.2, 0) is 0 Å². The van der Waals surface area contributed by atoms with Crippen molar-refractivity contribution in [2.24, 2.45) is 0 Å². The fourth-order valence-electron chi connectivity index (χ4n) is 16.8. The van der Waals surface area contributed by atoms with Gasteiger partial charge in [0.2, 0.25) is 0 Å². The molecule has 0 aliphatic rings. The molecule has 0 unspecified atom stereocenters. The molecule has 6 nitrogen and oxygen atoms in total. The van der Waals surface area contributed by atoms with E-state index in [1.807, 2.05) is 92.7 Å². The maximum absolute atomic E-state index is 14.7. The van der Waals surface area contributed by atoms with Gasteiger partial charge in [-0.3, -0.25) is 0 Å². The third kappa shape index (κ3) is 27.7. The Morgan fingerprint density at radius 1 is 0.237 bits per heavy atom. The summed E-state index contributed by atoms with van der Waals surface area (Å²) in [7, 11) is 0. The molecule has 0 atom stereocenters. The molecule has 0 saturated carbocycles. The fourth-order valence-corrected chi connectivity index (χ4v) is 70.8. The molecule has 9 rings (SSSR count). The first-order valence-corrected chi connectivity index (χ1v) is 90.8. The molecule has 0 spiro atoms. The summed E-state index contributed by atoms with van der Waals surface area (Å²) in [5.41, 5.74) is 20.0. The number of hydrogen-bond acceptors (Lipinski definition) is 6. The van der Waals surface area contributed by atoms with Crippen LogP contribution in [0, 0.1) is 83.1 Å². The Morgan fingerprint density at radius 2 is 0.439 bits per heavy atom. The molecule has 0 saturated heterocycles. The number of benzene rings is 9. The fraction of sp³-hybridized carbons (Fsp3) is 0.412. The first-order valence-electron chi connectivity index (χ1n) is 42.7. The van der Waals surface area contributed by atoms with Gasteiger partial charge in [-0.2, -0.15) is 0 Å². The van der Waals surface area contributed by atoms with Crippen LogP contribution < -0.4 is 10.7 Å². The van der Waals surface area contributed by atoms with E-state index >= 15 is 0 Å². The molecule has 114 heavy (non-hydrogen) atoms. The quantitative estimate of drug-likeness (QED) is 0.0416. The van der Waals surface area contributed by atoms with Crippen LogP contribution in [0.15, 0.2) is 200 Å². The van der Waals surface area contributed by atoms with Gasteiger partial charge in [-0.25, -0.2) is 0 Å². The van der Waals surface area contributed by atoms with Gasteiger partial charge in [-0.05, 0) is 0 Å². The number of carbonyl (C=O) groups is 6. The zero-order chi connectivity index (χ0) is 85.5. The molecule has 0 aromatic heterocycles. The molecule has 0 amide bonds. The Morgan fingerprint density at radius 3 is 0.667 bits per heavy atom. The second-order valence-electron chi connectivity index (χ2n) is 34.4. The molecule has 0 fully saturated rings. The summed E-state index contributed by atoms with van der Waals surface area (Å²) >= 11 is -16.8. The Labute approximate surface area is 717 Å². The monoisotopic (exact) mass is 2180 g/mol. The zero-order valence-electron chi connectivity index (χ0n) is 75.6. The molecule has 12 heteroatoms. The maximum atomic E-state index is 14.7. The van der Waals surface area contributed by atoms with Crippen LogP contribution in [0.5, 0.6) is 0 Å². The van der Waals surface area contributed by atoms with Crippen LogP contribution in [0.25, 0.3) is 0 Å². The van der Waals surface area contributed by atoms with Crippen molar-refractivity contribution in [2.75, 3.05) is 0 Å². The van der Waals surface area contributed by atoms with Crippen LogP contribution in [0.3, 0.4) is 0 Å². The van der Waals surface area contributed by atoms with Gasteiger partial charge >= 0.3 is 726 Å². The predicted octanol–water partition coefficient (Wildman–Crippen LogP) is 26.9. The average Bonchev–Trinajstić information content (AvgIpc) is 0.727. The Bertz CT molecular complexity index is 4340. The summed E-state index contributed by atoms with van der Waals surface area (Å²) in [5, 5.41) is 0. The van der Waals surface area contributed by atoms with E-state index < -0.39 is 110 Å². The third-order valence-electron chi connectivity index (χ3n) is 23.5. The molecule has 9 aromatic carbocycles. The Balaban J connectivity index is 0.000000297. The van der Waals surface area contributed by atoms with Gasteiger partial charge in [-0.15, -0.1) is 0 Å². The second kappa shape index (κ2) is 48.9. The van der Waals surface area contributed by atoms with E-state index in [1.165, 1.54) is 107 Å². The van der Waals surface area contributed by atoms with E-state index in [2.05, 4.69) is 283 Å². The van der Waals surface area contributed by atoms with Crippen LogP contribution in [0.4, 0.5) is 0 Å². The molecule has 0 bridgehead atoms. The van der Waals surface area contributed by atoms with Crippen molar-refractivity contribution in [2.45, 2.75) is 253 Å². The SMILES string of the molecule is CCC[CH2][Sn]([CH2]CCC)([CH2]CCC)[C](=O)c1c(C)cc(C)cc1C.C[CH2][Sn]([CH2]C)([CH2]C)[C](=O)c1c(C)cc(C)cc1C.C[CH2][Sn]([CH2]C)([CH2]C)[C](=O)c1ccccc1.Cc1cc(C)c([C](=O)[Sn]([CH3])([CH3])[CH3])c(C)c1.Cc1cc(C)c([C](=O)[Sn]([c]2ccccc2)([c]2ccccc2)[c]2ccccc2)c(C)c1.[CH3][Sn]([CH3])([CH3])[C](=O)c1ccccc1. The van der Waals surface area contributed by atoms with Crippen molar-refractivity contribution in [3.63, 3.8) is 0 Å². The van der Waals surface area contributed by atoms with Gasteiger partial charge in [-0.1, -0.05) is 0 Å². The van der Waals surface area contributed by atoms with E-state index in [0.717, 1.165) is 82.3 Å². The number of rotatable bonds is 30. The van der Waals surface area contributed by atoms with Crippen molar-refractivity contribution in [3.8, 4) is 0 Å². The van der Waals surface area contributed by atoms with Crippen LogP contribution in [-0.4, -0.2) is 133 Å². The third-order valence-corrected chi connectivity index (χ3v) is 90.7. The predicted molar refractivity (Wildman–Crippen MR) is 511 cm³/mol. The van der Waals surface area contributed by atoms with Crippen molar-refractivity contribution >= 4 is 144 Å². The number of hydrogen-bond donors (Lipinski definition) is 0.